The van der Waals surface area contributed by atoms with Gasteiger partial charge in [0.05, 0.1) is 17.5 Å². The Kier molecular flexibility index (Phi) is 11.9. The molecule has 0 spiro atoms. The van der Waals surface area contributed by atoms with Gasteiger partial charge in [-0.1, -0.05) is 75.7 Å². The smallest absolute Gasteiger partial charge is 0.165 e. The van der Waals surface area contributed by atoms with E-state index < -0.39 is 21.7 Å². The van der Waals surface area contributed by atoms with Gasteiger partial charge in [-0.3, -0.25) is 4.98 Å². The summed E-state index contributed by atoms with van der Waals surface area (Å²) in [5, 5.41) is 25.5. The van der Waals surface area contributed by atoms with Gasteiger partial charge in [-0.05, 0) is 50.3 Å². The molecule has 1 aliphatic rings. The van der Waals surface area contributed by atoms with Crippen molar-refractivity contribution in [1.29, 1.82) is 0 Å². The SMILES string of the molecule is C[Si](C)(C)CCOCN(COCC[Si](C)(C)C)c1cc([C@H]2CC[C@@](O)(CCO)CC2)nc2c(-c3ccc(-c4ccccc4)nc3)cnn12. The number of aliphatic hydroxyl groups excluding tert-OH is 1. The Morgan fingerprint density at radius 3 is 2.08 bits per heavy atom. The summed E-state index contributed by atoms with van der Waals surface area (Å²) in [5.74, 6) is 1.06. The molecule has 48 heavy (non-hydrogen) atoms. The maximum atomic E-state index is 11.0. The van der Waals surface area contributed by atoms with Crippen molar-refractivity contribution in [3.8, 4) is 22.4 Å². The summed E-state index contributed by atoms with van der Waals surface area (Å²) in [5.41, 5.74) is 4.79. The van der Waals surface area contributed by atoms with Crippen molar-refractivity contribution in [2.24, 2.45) is 0 Å². The van der Waals surface area contributed by atoms with Crippen LogP contribution >= 0.6 is 0 Å². The molecule has 1 fully saturated rings. The third-order valence-corrected chi connectivity index (χ3v) is 12.7. The quantitative estimate of drug-likeness (QED) is 0.0702. The number of anilines is 1. The van der Waals surface area contributed by atoms with Crippen molar-refractivity contribution >= 4 is 27.6 Å². The number of ether oxygens (including phenoxy) is 2. The molecule has 260 valence electrons. The van der Waals surface area contributed by atoms with Crippen molar-refractivity contribution in [3.05, 3.63) is 66.6 Å². The summed E-state index contributed by atoms with van der Waals surface area (Å²) in [6, 6.07) is 18.6. The first kappa shape index (κ1) is 36.3. The maximum Gasteiger partial charge on any atom is 0.165 e. The highest BCUT2D eigenvalue weighted by molar-refractivity contribution is 6.76. The van der Waals surface area contributed by atoms with Crippen molar-refractivity contribution in [3.63, 3.8) is 0 Å². The van der Waals surface area contributed by atoms with Crippen LogP contribution < -0.4 is 4.90 Å². The zero-order valence-electron chi connectivity index (χ0n) is 29.8. The first-order valence-electron chi connectivity index (χ1n) is 17.5. The van der Waals surface area contributed by atoms with Crippen LogP contribution in [0.2, 0.25) is 51.4 Å². The van der Waals surface area contributed by atoms with Crippen LogP contribution in [-0.2, 0) is 9.47 Å². The fourth-order valence-corrected chi connectivity index (χ4v) is 7.63. The number of hydrogen-bond acceptors (Lipinski definition) is 8. The molecule has 0 atom stereocenters. The average Bonchev–Trinajstić information content (AvgIpc) is 3.48. The summed E-state index contributed by atoms with van der Waals surface area (Å²) in [6.07, 6.45) is 7.07. The minimum absolute atomic E-state index is 0.00380. The van der Waals surface area contributed by atoms with Crippen LogP contribution in [0.1, 0.15) is 43.7 Å². The van der Waals surface area contributed by atoms with E-state index in [9.17, 15) is 10.2 Å². The summed E-state index contributed by atoms with van der Waals surface area (Å²) in [7, 11) is -2.51. The Morgan fingerprint density at radius 1 is 0.875 bits per heavy atom. The number of rotatable bonds is 16. The molecule has 0 amide bonds. The minimum Gasteiger partial charge on any atom is -0.396 e. The van der Waals surface area contributed by atoms with Crippen LogP contribution in [0.4, 0.5) is 5.82 Å². The topological polar surface area (TPSA) is 105 Å². The minimum atomic E-state index is -1.25. The number of nitrogens with zero attached hydrogens (tertiary/aromatic N) is 5. The highest BCUT2D eigenvalue weighted by Gasteiger charge is 2.34. The Morgan fingerprint density at radius 2 is 1.52 bits per heavy atom. The molecule has 0 unspecified atom stereocenters. The normalized spacial score (nSPS) is 18.8. The molecule has 0 radical (unpaired) electrons. The van der Waals surface area contributed by atoms with Crippen LogP contribution in [0.5, 0.6) is 0 Å². The number of pyridine rings is 1. The van der Waals surface area contributed by atoms with Crippen LogP contribution in [0, 0.1) is 0 Å². The number of hydrogen-bond donors (Lipinski definition) is 2. The fraction of sp³-hybridized carbons (Fsp3) is 0.541. The van der Waals surface area contributed by atoms with Crippen LogP contribution in [0.25, 0.3) is 28.0 Å². The van der Waals surface area contributed by atoms with Crippen LogP contribution in [0.3, 0.4) is 0 Å². The monoisotopic (exact) mass is 689 g/mol. The molecule has 9 nitrogen and oxygen atoms in total. The Balaban J connectivity index is 1.51. The lowest BCUT2D eigenvalue weighted by atomic mass is 9.76. The Labute approximate surface area is 288 Å². The molecule has 3 aromatic heterocycles. The average molecular weight is 690 g/mol. The zero-order chi connectivity index (χ0) is 34.4. The number of aromatic nitrogens is 4. The Bertz CT molecular complexity index is 1570. The highest BCUT2D eigenvalue weighted by atomic mass is 28.3. The van der Waals surface area contributed by atoms with Crippen molar-refractivity contribution in [1.82, 2.24) is 19.6 Å². The zero-order valence-corrected chi connectivity index (χ0v) is 31.8. The van der Waals surface area contributed by atoms with Crippen molar-refractivity contribution in [2.45, 2.75) is 95.0 Å². The van der Waals surface area contributed by atoms with E-state index in [1.165, 1.54) is 0 Å². The van der Waals surface area contributed by atoms with Crippen LogP contribution in [-0.4, -0.2) is 84.8 Å². The maximum absolute atomic E-state index is 11.0. The molecular weight excluding hydrogens is 635 g/mol. The predicted octanol–water partition coefficient (Wildman–Crippen LogP) is 7.66. The molecule has 0 bridgehead atoms. The lowest BCUT2D eigenvalue weighted by Crippen LogP contribution is -2.35. The van der Waals surface area contributed by atoms with Gasteiger partial charge >= 0.3 is 0 Å². The molecule has 1 aromatic carbocycles. The number of benzene rings is 1. The lowest BCUT2D eigenvalue weighted by Gasteiger charge is -2.36. The van der Waals surface area contributed by atoms with E-state index in [4.69, 9.17) is 24.5 Å². The number of fused-ring (bicyclic) bond motifs is 1. The van der Waals surface area contributed by atoms with E-state index in [1.54, 1.807) is 0 Å². The van der Waals surface area contributed by atoms with Crippen molar-refractivity contribution in [2.75, 3.05) is 38.2 Å². The van der Waals surface area contributed by atoms with Gasteiger partial charge in [0.25, 0.3) is 0 Å². The third-order valence-electron chi connectivity index (χ3n) is 9.34. The highest BCUT2D eigenvalue weighted by Crippen LogP contribution is 2.40. The van der Waals surface area contributed by atoms with Gasteiger partial charge in [-0.25, -0.2) is 4.98 Å². The summed E-state index contributed by atoms with van der Waals surface area (Å²) < 4.78 is 14.6. The summed E-state index contributed by atoms with van der Waals surface area (Å²) in [6.45, 7) is 16.4. The summed E-state index contributed by atoms with van der Waals surface area (Å²) >= 11 is 0. The first-order chi connectivity index (χ1) is 22.8. The first-order valence-corrected chi connectivity index (χ1v) is 24.9. The van der Waals surface area contributed by atoms with Gasteiger partial charge in [-0.2, -0.15) is 9.61 Å². The van der Waals surface area contributed by atoms with Gasteiger partial charge < -0.3 is 24.6 Å². The molecule has 0 saturated heterocycles. The second kappa shape index (κ2) is 15.7. The molecule has 3 heterocycles. The largest absolute Gasteiger partial charge is 0.396 e. The van der Waals surface area contributed by atoms with E-state index in [1.807, 2.05) is 41.2 Å². The molecule has 2 N–H and O–H groups in total. The van der Waals surface area contributed by atoms with E-state index >= 15 is 0 Å². The molecule has 4 aromatic rings. The van der Waals surface area contributed by atoms with E-state index in [2.05, 4.69) is 68.4 Å². The molecular formula is C37H55N5O4Si2. The third kappa shape index (κ3) is 9.83. The van der Waals surface area contributed by atoms with Crippen molar-refractivity contribution < 1.29 is 19.7 Å². The van der Waals surface area contributed by atoms with Gasteiger partial charge in [0.1, 0.15) is 19.3 Å². The molecule has 1 saturated carbocycles. The predicted molar refractivity (Wildman–Crippen MR) is 200 cm³/mol. The van der Waals surface area contributed by atoms with E-state index in [-0.39, 0.29) is 12.5 Å². The summed E-state index contributed by atoms with van der Waals surface area (Å²) in [4.78, 5) is 12.2. The molecule has 11 heteroatoms. The van der Waals surface area contributed by atoms with Crippen LogP contribution in [0.15, 0.2) is 60.9 Å². The second-order valence-corrected chi connectivity index (χ2v) is 27.1. The lowest BCUT2D eigenvalue weighted by molar-refractivity contribution is -0.0205. The molecule has 5 rings (SSSR count). The second-order valence-electron chi connectivity index (χ2n) is 15.8. The molecule has 1 aliphatic carbocycles. The Hall–Kier alpha value is -2.94. The van der Waals surface area contributed by atoms with Gasteiger partial charge in [0.2, 0.25) is 0 Å². The molecule has 0 aliphatic heterocycles. The number of aliphatic hydroxyl groups is 2. The van der Waals surface area contributed by atoms with E-state index in [0.29, 0.717) is 45.9 Å². The fourth-order valence-electron chi connectivity index (χ4n) is 6.12. The van der Waals surface area contributed by atoms with Gasteiger partial charge in [0.15, 0.2) is 5.65 Å². The standard InChI is InChI=1S/C37H55N5O4Si2/c1-47(2,3)22-20-45-27-41(28-46-21-23-48(4,5)6)35-24-34(30-14-16-37(44,17-15-30)18-19-43)40-36-32(26-39-42(35)36)31-12-13-33(38-25-31)29-10-8-7-9-11-29/h7-13,24-26,30,43-44H,14-23,27-28H2,1-6H3/t30-,37-. The van der Waals surface area contributed by atoms with Gasteiger partial charge in [0, 0.05) is 76.5 Å². The van der Waals surface area contributed by atoms with Gasteiger partial charge in [-0.15, -0.1) is 0 Å². The van der Waals surface area contributed by atoms with E-state index in [0.717, 1.165) is 64.5 Å².